The van der Waals surface area contributed by atoms with Crippen molar-refractivity contribution in [2.24, 2.45) is 5.73 Å². The number of carbonyl (C=O) groups excluding carboxylic acids is 2. The third kappa shape index (κ3) is 6.76. The fourth-order valence-electron chi connectivity index (χ4n) is 2.86. The van der Waals surface area contributed by atoms with Gasteiger partial charge in [-0.05, 0) is 31.9 Å². The molecule has 0 bridgehead atoms. The monoisotopic (exact) mass is 404 g/mol. The topological polar surface area (TPSA) is 78.7 Å². The molecule has 0 atom stereocenters. The summed E-state index contributed by atoms with van der Waals surface area (Å²) in [6.07, 6.45) is 0.881. The Hall–Kier alpha value is -1.34. The Morgan fingerprint density at radius 2 is 1.69 bits per heavy atom. The number of hydrogen-bond donors (Lipinski definition) is 2. The third-order valence-corrected chi connectivity index (χ3v) is 4.25. The first-order chi connectivity index (χ1) is 11.3. The molecule has 2 amide bonds. The van der Waals surface area contributed by atoms with Crippen LogP contribution in [0, 0.1) is 0 Å². The quantitative estimate of drug-likeness (QED) is 0.785. The zero-order valence-electron chi connectivity index (χ0n) is 15.7. The number of hydrogen-bond acceptors (Lipinski definition) is 4. The highest BCUT2D eigenvalue weighted by atomic mass is 35.5. The highest BCUT2D eigenvalue weighted by Gasteiger charge is 2.30. The Balaban J connectivity index is 0.00000312. The van der Waals surface area contributed by atoms with Crippen molar-refractivity contribution >= 4 is 42.3 Å². The van der Waals surface area contributed by atoms with Crippen LogP contribution in [0.5, 0.6) is 0 Å². The summed E-state index contributed by atoms with van der Waals surface area (Å²) in [6.45, 7) is 8.44. The molecule has 2 rings (SSSR count). The van der Waals surface area contributed by atoms with E-state index in [2.05, 4.69) is 17.1 Å². The molecule has 1 aliphatic rings. The van der Waals surface area contributed by atoms with Gasteiger partial charge in [0.05, 0.1) is 12.1 Å². The van der Waals surface area contributed by atoms with E-state index in [9.17, 15) is 9.59 Å². The summed E-state index contributed by atoms with van der Waals surface area (Å²) >= 11 is 0. The number of nitrogens with one attached hydrogen (secondary N) is 1. The normalized spacial score (nSPS) is 14.8. The van der Waals surface area contributed by atoms with Crippen LogP contribution in [0.4, 0.5) is 5.69 Å². The maximum atomic E-state index is 12.3. The number of rotatable bonds is 5. The smallest absolute Gasteiger partial charge is 0.242 e. The minimum absolute atomic E-state index is 0. The fraction of sp³-hybridized carbons (Fsp3) is 0.556. The minimum Gasteiger partial charge on any atom is -0.339 e. The average molecular weight is 405 g/mol. The number of aryl methyl sites for hydroxylation is 1. The lowest BCUT2D eigenvalue weighted by Crippen LogP contribution is -2.57. The molecular formula is C18H30Cl2N4O2. The van der Waals surface area contributed by atoms with Crippen molar-refractivity contribution in [3.05, 3.63) is 29.8 Å². The van der Waals surface area contributed by atoms with E-state index >= 15 is 0 Å². The molecule has 148 valence electrons. The van der Waals surface area contributed by atoms with E-state index in [1.54, 1.807) is 18.7 Å². The Morgan fingerprint density at radius 3 is 2.23 bits per heavy atom. The molecule has 0 unspecified atom stereocenters. The van der Waals surface area contributed by atoms with Gasteiger partial charge in [-0.15, -0.1) is 24.8 Å². The zero-order chi connectivity index (χ0) is 17.7. The van der Waals surface area contributed by atoms with Gasteiger partial charge < -0.3 is 16.0 Å². The first-order valence-electron chi connectivity index (χ1n) is 8.49. The van der Waals surface area contributed by atoms with Crippen molar-refractivity contribution in [3.63, 3.8) is 0 Å². The van der Waals surface area contributed by atoms with Crippen LogP contribution in [0.25, 0.3) is 0 Å². The standard InChI is InChI=1S/C18H28N4O2.2ClH/c1-4-14-7-5-6-8-15(14)20-16(23)13-21-9-11-22(12-10-21)17(24)18(2,3)19;;/h5-8H,4,9-13,19H2,1-3H3,(H,20,23);2*1H. The van der Waals surface area contributed by atoms with Crippen LogP contribution in [-0.4, -0.2) is 59.9 Å². The van der Waals surface area contributed by atoms with E-state index in [0.29, 0.717) is 32.7 Å². The second-order valence-corrected chi connectivity index (χ2v) is 6.85. The van der Waals surface area contributed by atoms with E-state index in [-0.39, 0.29) is 36.6 Å². The number of halogens is 2. The molecule has 0 aromatic heterocycles. The van der Waals surface area contributed by atoms with Crippen molar-refractivity contribution in [3.8, 4) is 0 Å². The van der Waals surface area contributed by atoms with Crippen molar-refractivity contribution in [2.75, 3.05) is 38.0 Å². The van der Waals surface area contributed by atoms with E-state index in [0.717, 1.165) is 17.7 Å². The lowest BCUT2D eigenvalue weighted by molar-refractivity contribution is -0.137. The molecule has 26 heavy (non-hydrogen) atoms. The zero-order valence-corrected chi connectivity index (χ0v) is 17.3. The van der Waals surface area contributed by atoms with Crippen LogP contribution < -0.4 is 11.1 Å². The highest BCUT2D eigenvalue weighted by Crippen LogP contribution is 2.15. The number of piperazine rings is 1. The van der Waals surface area contributed by atoms with Gasteiger partial charge in [-0.3, -0.25) is 14.5 Å². The minimum atomic E-state index is -0.844. The SMILES string of the molecule is CCc1ccccc1NC(=O)CN1CCN(C(=O)C(C)(C)N)CC1.Cl.Cl. The van der Waals surface area contributed by atoms with Crippen molar-refractivity contribution in [1.82, 2.24) is 9.80 Å². The average Bonchev–Trinajstić information content (AvgIpc) is 2.54. The molecule has 1 fully saturated rings. The van der Waals surface area contributed by atoms with Gasteiger partial charge in [0.15, 0.2) is 0 Å². The van der Waals surface area contributed by atoms with Gasteiger partial charge in [-0.25, -0.2) is 0 Å². The number of anilines is 1. The number of amides is 2. The van der Waals surface area contributed by atoms with Crippen LogP contribution in [0.15, 0.2) is 24.3 Å². The Labute approximate surface area is 168 Å². The van der Waals surface area contributed by atoms with Crippen molar-refractivity contribution in [2.45, 2.75) is 32.7 Å². The number of para-hydroxylation sites is 1. The van der Waals surface area contributed by atoms with Gasteiger partial charge >= 0.3 is 0 Å². The van der Waals surface area contributed by atoms with Gasteiger partial charge in [0.2, 0.25) is 11.8 Å². The van der Waals surface area contributed by atoms with E-state index in [1.165, 1.54) is 0 Å². The summed E-state index contributed by atoms with van der Waals surface area (Å²) in [7, 11) is 0. The number of carbonyl (C=O) groups is 2. The molecule has 0 spiro atoms. The number of nitrogens with zero attached hydrogens (tertiary/aromatic N) is 2. The molecule has 0 aliphatic carbocycles. The van der Waals surface area contributed by atoms with Crippen LogP contribution >= 0.6 is 24.8 Å². The van der Waals surface area contributed by atoms with Crippen LogP contribution in [-0.2, 0) is 16.0 Å². The van der Waals surface area contributed by atoms with Crippen LogP contribution in [0.1, 0.15) is 26.3 Å². The van der Waals surface area contributed by atoms with Gasteiger partial charge in [0, 0.05) is 31.9 Å². The fourth-order valence-corrected chi connectivity index (χ4v) is 2.86. The predicted molar refractivity (Wildman–Crippen MR) is 110 cm³/mol. The predicted octanol–water partition coefficient (Wildman–Crippen LogP) is 1.91. The Kier molecular flexibility index (Phi) is 10.2. The Morgan fingerprint density at radius 1 is 1.12 bits per heavy atom. The maximum Gasteiger partial charge on any atom is 0.242 e. The highest BCUT2D eigenvalue weighted by molar-refractivity contribution is 5.93. The summed E-state index contributed by atoms with van der Waals surface area (Å²) in [5.41, 5.74) is 7.04. The first kappa shape index (κ1) is 24.7. The van der Waals surface area contributed by atoms with Crippen molar-refractivity contribution < 1.29 is 9.59 Å². The first-order valence-corrected chi connectivity index (χ1v) is 8.49. The van der Waals surface area contributed by atoms with Crippen LogP contribution in [0.2, 0.25) is 0 Å². The molecule has 1 aromatic rings. The van der Waals surface area contributed by atoms with Gasteiger partial charge in [0.25, 0.3) is 0 Å². The van der Waals surface area contributed by atoms with Crippen molar-refractivity contribution in [1.29, 1.82) is 0 Å². The number of nitrogens with two attached hydrogens (primary N) is 1. The Bertz CT molecular complexity index is 597. The molecule has 1 aliphatic heterocycles. The summed E-state index contributed by atoms with van der Waals surface area (Å²) in [6, 6.07) is 7.85. The molecule has 8 heteroatoms. The van der Waals surface area contributed by atoms with Gasteiger partial charge in [-0.2, -0.15) is 0 Å². The lowest BCUT2D eigenvalue weighted by atomic mass is 10.0. The molecule has 1 heterocycles. The molecule has 1 aromatic carbocycles. The van der Waals surface area contributed by atoms with Crippen LogP contribution in [0.3, 0.4) is 0 Å². The maximum absolute atomic E-state index is 12.3. The summed E-state index contributed by atoms with van der Waals surface area (Å²) in [5.74, 6) is -0.0571. The molecule has 6 nitrogen and oxygen atoms in total. The molecule has 0 radical (unpaired) electrons. The molecular weight excluding hydrogens is 375 g/mol. The lowest BCUT2D eigenvalue weighted by Gasteiger charge is -2.37. The molecule has 3 N–H and O–H groups in total. The second kappa shape index (κ2) is 10.7. The van der Waals surface area contributed by atoms with E-state index < -0.39 is 5.54 Å². The largest absolute Gasteiger partial charge is 0.339 e. The summed E-state index contributed by atoms with van der Waals surface area (Å²) < 4.78 is 0. The third-order valence-electron chi connectivity index (χ3n) is 4.25. The van der Waals surface area contributed by atoms with Gasteiger partial charge in [-0.1, -0.05) is 25.1 Å². The van der Waals surface area contributed by atoms with E-state index in [4.69, 9.17) is 5.73 Å². The number of benzene rings is 1. The van der Waals surface area contributed by atoms with E-state index in [1.807, 2.05) is 24.3 Å². The molecule has 0 saturated carbocycles. The molecule has 1 saturated heterocycles. The summed E-state index contributed by atoms with van der Waals surface area (Å²) in [5, 5.41) is 2.99. The second-order valence-electron chi connectivity index (χ2n) is 6.85. The summed E-state index contributed by atoms with van der Waals surface area (Å²) in [4.78, 5) is 28.3. The van der Waals surface area contributed by atoms with Gasteiger partial charge in [0.1, 0.15) is 0 Å².